The molecule has 2 rings (SSSR count). The maximum atomic E-state index is 12.0. The van der Waals surface area contributed by atoms with Gasteiger partial charge in [-0.3, -0.25) is 9.69 Å². The molecule has 1 aromatic carbocycles. The predicted molar refractivity (Wildman–Crippen MR) is 76.0 cm³/mol. The van der Waals surface area contributed by atoms with E-state index in [1.54, 1.807) is 0 Å². The SMILES string of the molecule is CC(O)C1CCN(CC(=O)Cc2ccccc2)CC1. The fraction of sp³-hybridized carbons (Fsp3) is 0.562. The summed E-state index contributed by atoms with van der Waals surface area (Å²) in [6, 6.07) is 9.90. The highest BCUT2D eigenvalue weighted by Gasteiger charge is 2.23. The standard InChI is InChI=1S/C16H23NO2/c1-13(18)15-7-9-17(10-8-15)12-16(19)11-14-5-3-2-4-6-14/h2-6,13,15,18H,7-12H2,1H3. The van der Waals surface area contributed by atoms with E-state index in [0.29, 0.717) is 18.9 Å². The zero-order chi connectivity index (χ0) is 13.7. The van der Waals surface area contributed by atoms with Gasteiger partial charge in [-0.05, 0) is 44.3 Å². The Morgan fingerprint density at radius 3 is 2.53 bits per heavy atom. The highest BCUT2D eigenvalue weighted by atomic mass is 16.3. The molecule has 1 aromatic rings. The van der Waals surface area contributed by atoms with Gasteiger partial charge in [-0.25, -0.2) is 0 Å². The minimum Gasteiger partial charge on any atom is -0.393 e. The fourth-order valence-corrected chi connectivity index (χ4v) is 2.72. The van der Waals surface area contributed by atoms with E-state index in [1.165, 1.54) is 0 Å². The van der Waals surface area contributed by atoms with Crippen LogP contribution in [-0.2, 0) is 11.2 Å². The van der Waals surface area contributed by atoms with Crippen molar-refractivity contribution < 1.29 is 9.90 Å². The van der Waals surface area contributed by atoms with Crippen LogP contribution < -0.4 is 0 Å². The second kappa shape index (κ2) is 6.83. The minimum atomic E-state index is -0.220. The molecule has 0 aliphatic carbocycles. The Morgan fingerprint density at radius 1 is 1.32 bits per heavy atom. The number of nitrogens with zero attached hydrogens (tertiary/aromatic N) is 1. The van der Waals surface area contributed by atoms with E-state index in [9.17, 15) is 9.90 Å². The molecule has 3 nitrogen and oxygen atoms in total. The van der Waals surface area contributed by atoms with E-state index in [-0.39, 0.29) is 11.9 Å². The molecule has 1 unspecified atom stereocenters. The molecule has 3 heteroatoms. The summed E-state index contributed by atoms with van der Waals surface area (Å²) in [6.07, 6.45) is 2.30. The topological polar surface area (TPSA) is 40.5 Å². The molecule has 1 atom stereocenters. The predicted octanol–water partition coefficient (Wildman–Crippen LogP) is 1.89. The molecule has 0 bridgehead atoms. The van der Waals surface area contributed by atoms with Crippen LogP contribution in [0.25, 0.3) is 0 Å². The summed E-state index contributed by atoms with van der Waals surface area (Å²) < 4.78 is 0. The number of carbonyl (C=O) groups is 1. The molecule has 1 saturated heterocycles. The van der Waals surface area contributed by atoms with Crippen molar-refractivity contribution in [2.45, 2.75) is 32.3 Å². The van der Waals surface area contributed by atoms with E-state index in [4.69, 9.17) is 0 Å². The second-order valence-corrected chi connectivity index (χ2v) is 5.56. The zero-order valence-corrected chi connectivity index (χ0v) is 11.6. The van der Waals surface area contributed by atoms with Crippen LogP contribution in [0.15, 0.2) is 30.3 Å². The molecule has 0 saturated carbocycles. The van der Waals surface area contributed by atoms with Gasteiger partial charge in [0, 0.05) is 6.42 Å². The minimum absolute atomic E-state index is 0.220. The van der Waals surface area contributed by atoms with Crippen molar-refractivity contribution in [1.82, 2.24) is 4.90 Å². The first-order chi connectivity index (χ1) is 9.15. The van der Waals surface area contributed by atoms with E-state index in [0.717, 1.165) is 31.5 Å². The lowest BCUT2D eigenvalue weighted by atomic mass is 9.92. The van der Waals surface area contributed by atoms with Gasteiger partial charge in [0.25, 0.3) is 0 Å². The number of aliphatic hydroxyl groups is 1. The molecule has 19 heavy (non-hydrogen) atoms. The summed E-state index contributed by atoms with van der Waals surface area (Å²) in [7, 11) is 0. The lowest BCUT2D eigenvalue weighted by Crippen LogP contribution is -2.40. The molecule has 0 amide bonds. The lowest BCUT2D eigenvalue weighted by molar-refractivity contribution is -0.120. The summed E-state index contributed by atoms with van der Waals surface area (Å²) >= 11 is 0. The van der Waals surface area contributed by atoms with Crippen molar-refractivity contribution >= 4 is 5.78 Å². The van der Waals surface area contributed by atoms with Gasteiger partial charge >= 0.3 is 0 Å². The maximum absolute atomic E-state index is 12.0. The molecule has 1 N–H and O–H groups in total. The van der Waals surface area contributed by atoms with Crippen LogP contribution in [0.2, 0.25) is 0 Å². The molecule has 1 aliphatic heterocycles. The molecule has 1 aliphatic rings. The Hall–Kier alpha value is -1.19. The Labute approximate surface area is 115 Å². The number of benzene rings is 1. The van der Waals surface area contributed by atoms with Crippen LogP contribution in [0.3, 0.4) is 0 Å². The number of likely N-dealkylation sites (tertiary alicyclic amines) is 1. The first-order valence-corrected chi connectivity index (χ1v) is 7.11. The summed E-state index contributed by atoms with van der Waals surface area (Å²) in [4.78, 5) is 14.2. The smallest absolute Gasteiger partial charge is 0.151 e. The monoisotopic (exact) mass is 261 g/mol. The molecule has 0 aromatic heterocycles. The van der Waals surface area contributed by atoms with Gasteiger partial charge < -0.3 is 5.11 Å². The normalized spacial score (nSPS) is 19.3. The number of hydrogen-bond acceptors (Lipinski definition) is 3. The number of Topliss-reactive ketones (excluding diaryl/α,β-unsaturated/α-hetero) is 1. The van der Waals surface area contributed by atoms with Crippen molar-refractivity contribution in [3.05, 3.63) is 35.9 Å². The van der Waals surface area contributed by atoms with E-state index < -0.39 is 0 Å². The van der Waals surface area contributed by atoms with Gasteiger partial charge in [-0.15, -0.1) is 0 Å². The Morgan fingerprint density at radius 2 is 1.95 bits per heavy atom. The third kappa shape index (κ3) is 4.44. The Kier molecular flexibility index (Phi) is 5.11. The highest BCUT2D eigenvalue weighted by Crippen LogP contribution is 2.20. The first kappa shape index (κ1) is 14.2. The van der Waals surface area contributed by atoms with Crippen molar-refractivity contribution in [3.8, 4) is 0 Å². The number of hydrogen-bond donors (Lipinski definition) is 1. The number of piperidine rings is 1. The summed E-state index contributed by atoms with van der Waals surface area (Å²) in [5.41, 5.74) is 1.09. The van der Waals surface area contributed by atoms with Gasteiger partial charge in [0.2, 0.25) is 0 Å². The molecular weight excluding hydrogens is 238 g/mol. The number of aliphatic hydroxyl groups excluding tert-OH is 1. The first-order valence-electron chi connectivity index (χ1n) is 7.11. The maximum Gasteiger partial charge on any atom is 0.151 e. The average molecular weight is 261 g/mol. The van der Waals surface area contributed by atoms with Gasteiger partial charge in [-0.1, -0.05) is 30.3 Å². The average Bonchev–Trinajstić information content (AvgIpc) is 2.40. The Balaban J connectivity index is 1.75. The number of carbonyl (C=O) groups excluding carboxylic acids is 1. The van der Waals surface area contributed by atoms with Gasteiger partial charge in [0.15, 0.2) is 5.78 Å². The molecule has 1 fully saturated rings. The van der Waals surface area contributed by atoms with Gasteiger partial charge in [0.1, 0.15) is 0 Å². The quantitative estimate of drug-likeness (QED) is 0.880. The van der Waals surface area contributed by atoms with Crippen LogP contribution in [-0.4, -0.2) is 41.5 Å². The lowest BCUT2D eigenvalue weighted by Gasteiger charge is -2.32. The van der Waals surface area contributed by atoms with E-state index >= 15 is 0 Å². The third-order valence-electron chi connectivity index (χ3n) is 3.96. The van der Waals surface area contributed by atoms with E-state index in [2.05, 4.69) is 4.90 Å². The molecule has 0 radical (unpaired) electrons. The van der Waals surface area contributed by atoms with Crippen LogP contribution in [0, 0.1) is 5.92 Å². The van der Waals surface area contributed by atoms with Crippen molar-refractivity contribution in [2.75, 3.05) is 19.6 Å². The number of ketones is 1. The summed E-state index contributed by atoms with van der Waals surface area (Å²) in [6.45, 7) is 4.26. The fourth-order valence-electron chi connectivity index (χ4n) is 2.72. The van der Waals surface area contributed by atoms with E-state index in [1.807, 2.05) is 37.3 Å². The largest absolute Gasteiger partial charge is 0.393 e. The molecule has 0 spiro atoms. The molecule has 104 valence electrons. The second-order valence-electron chi connectivity index (χ2n) is 5.56. The Bertz CT molecular complexity index is 394. The molecule has 1 heterocycles. The van der Waals surface area contributed by atoms with Crippen molar-refractivity contribution in [2.24, 2.45) is 5.92 Å². The highest BCUT2D eigenvalue weighted by molar-refractivity contribution is 5.82. The van der Waals surface area contributed by atoms with Crippen LogP contribution >= 0.6 is 0 Å². The van der Waals surface area contributed by atoms with Crippen LogP contribution in [0.4, 0.5) is 0 Å². The summed E-state index contributed by atoms with van der Waals surface area (Å²) in [5.74, 6) is 0.683. The number of rotatable bonds is 5. The van der Waals surface area contributed by atoms with Crippen LogP contribution in [0.5, 0.6) is 0 Å². The van der Waals surface area contributed by atoms with Crippen LogP contribution in [0.1, 0.15) is 25.3 Å². The third-order valence-corrected chi connectivity index (χ3v) is 3.96. The van der Waals surface area contributed by atoms with Gasteiger partial charge in [-0.2, -0.15) is 0 Å². The summed E-state index contributed by atoms with van der Waals surface area (Å²) in [5, 5.41) is 9.55. The van der Waals surface area contributed by atoms with Gasteiger partial charge in [0.05, 0.1) is 12.6 Å². The van der Waals surface area contributed by atoms with Crippen molar-refractivity contribution in [3.63, 3.8) is 0 Å². The zero-order valence-electron chi connectivity index (χ0n) is 11.6. The molecular formula is C16H23NO2. The van der Waals surface area contributed by atoms with Crippen molar-refractivity contribution in [1.29, 1.82) is 0 Å².